The minimum Gasteiger partial charge on any atom is -0.508 e. The van der Waals surface area contributed by atoms with E-state index < -0.39 is 0 Å². The number of hydrogen-bond acceptors (Lipinski definition) is 3. The highest BCUT2D eigenvalue weighted by Gasteiger charge is 2.33. The number of hydrogen-bond donors (Lipinski definition) is 2. The van der Waals surface area contributed by atoms with Gasteiger partial charge in [-0.25, -0.2) is 0 Å². The van der Waals surface area contributed by atoms with E-state index in [9.17, 15) is 9.90 Å². The first kappa shape index (κ1) is 17.5. The molecule has 0 aromatic heterocycles. The highest BCUT2D eigenvalue weighted by atomic mass is 16.3. The van der Waals surface area contributed by atoms with Crippen LogP contribution in [0.15, 0.2) is 48.5 Å². The molecular formula is C21H26N2O2. The molecule has 2 aromatic carbocycles. The average molecular weight is 338 g/mol. The molecule has 3 rings (SSSR count). The predicted molar refractivity (Wildman–Crippen MR) is 99.2 cm³/mol. The number of carbonyl (C=O) groups is 1. The van der Waals surface area contributed by atoms with Crippen molar-refractivity contribution in [2.45, 2.75) is 51.9 Å². The van der Waals surface area contributed by atoms with Crippen LogP contribution in [0.1, 0.15) is 37.5 Å². The van der Waals surface area contributed by atoms with Crippen molar-refractivity contribution in [3.05, 3.63) is 65.2 Å². The van der Waals surface area contributed by atoms with E-state index in [1.807, 2.05) is 51.1 Å². The van der Waals surface area contributed by atoms with Crippen LogP contribution in [-0.2, 0) is 24.3 Å². The number of nitrogens with one attached hydrogen (secondary N) is 1. The summed E-state index contributed by atoms with van der Waals surface area (Å²) in [5, 5.41) is 13.2. The first-order valence-electron chi connectivity index (χ1n) is 8.73. The Balaban J connectivity index is 1.89. The summed E-state index contributed by atoms with van der Waals surface area (Å²) in [6, 6.07) is 15.4. The molecule has 0 saturated heterocycles. The van der Waals surface area contributed by atoms with Gasteiger partial charge in [0.2, 0.25) is 5.91 Å². The molecule has 0 bridgehead atoms. The van der Waals surface area contributed by atoms with E-state index in [1.165, 1.54) is 11.1 Å². The molecule has 0 spiro atoms. The fourth-order valence-electron chi connectivity index (χ4n) is 3.32. The second-order valence-corrected chi connectivity index (χ2v) is 7.76. The normalized spacial score (nSPS) is 17.8. The van der Waals surface area contributed by atoms with E-state index in [1.54, 1.807) is 6.07 Å². The van der Waals surface area contributed by atoms with Crippen LogP contribution in [0.3, 0.4) is 0 Å². The predicted octanol–water partition coefficient (Wildman–Crippen LogP) is 3.23. The van der Waals surface area contributed by atoms with Crippen molar-refractivity contribution in [2.75, 3.05) is 0 Å². The lowest BCUT2D eigenvalue weighted by Crippen LogP contribution is -2.54. The molecule has 0 fully saturated rings. The highest BCUT2D eigenvalue weighted by Crippen LogP contribution is 2.27. The molecule has 0 aliphatic carbocycles. The molecule has 1 aliphatic heterocycles. The number of benzene rings is 2. The van der Waals surface area contributed by atoms with Crippen LogP contribution in [0.2, 0.25) is 0 Å². The van der Waals surface area contributed by atoms with Gasteiger partial charge < -0.3 is 10.4 Å². The third kappa shape index (κ3) is 4.20. The summed E-state index contributed by atoms with van der Waals surface area (Å²) in [5.41, 5.74) is 3.05. The molecule has 0 saturated carbocycles. The zero-order chi connectivity index (χ0) is 18.0. The van der Waals surface area contributed by atoms with Gasteiger partial charge in [0.15, 0.2) is 0 Å². The number of carbonyl (C=O) groups excluding carboxylic acids is 1. The summed E-state index contributed by atoms with van der Waals surface area (Å²) in [7, 11) is 0. The van der Waals surface area contributed by atoms with Gasteiger partial charge in [-0.15, -0.1) is 0 Å². The van der Waals surface area contributed by atoms with Gasteiger partial charge in [-0.2, -0.15) is 0 Å². The standard InChI is InChI=1S/C21H26N2O2/c1-21(2,3)22-20(25)18-12-15-8-4-5-9-16(15)13-23(18)14-17-10-6-7-11-19(17)24/h4-11,18,24H,12-14H2,1-3H3,(H,22,25). The summed E-state index contributed by atoms with van der Waals surface area (Å²) < 4.78 is 0. The molecule has 2 aromatic rings. The summed E-state index contributed by atoms with van der Waals surface area (Å²) in [6.45, 7) is 7.23. The number of amides is 1. The van der Waals surface area contributed by atoms with Crippen molar-refractivity contribution in [1.82, 2.24) is 10.2 Å². The van der Waals surface area contributed by atoms with Gasteiger partial charge in [0.25, 0.3) is 0 Å². The second kappa shape index (κ2) is 6.89. The molecular weight excluding hydrogens is 312 g/mol. The van der Waals surface area contributed by atoms with Crippen molar-refractivity contribution in [2.24, 2.45) is 0 Å². The van der Waals surface area contributed by atoms with Crippen molar-refractivity contribution in [3.8, 4) is 5.75 Å². The summed E-state index contributed by atoms with van der Waals surface area (Å²) in [5.74, 6) is 0.314. The Labute approximate surface area is 149 Å². The van der Waals surface area contributed by atoms with Gasteiger partial charge in [-0.3, -0.25) is 9.69 Å². The van der Waals surface area contributed by atoms with Crippen LogP contribution in [0, 0.1) is 0 Å². The molecule has 4 heteroatoms. The van der Waals surface area contributed by atoms with E-state index in [0.29, 0.717) is 19.5 Å². The minimum atomic E-state index is -0.269. The van der Waals surface area contributed by atoms with Gasteiger partial charge in [0, 0.05) is 24.2 Å². The van der Waals surface area contributed by atoms with E-state index in [2.05, 4.69) is 22.3 Å². The van der Waals surface area contributed by atoms with Gasteiger partial charge in [-0.05, 0) is 44.4 Å². The Hall–Kier alpha value is -2.33. The van der Waals surface area contributed by atoms with Crippen molar-refractivity contribution in [1.29, 1.82) is 0 Å². The maximum absolute atomic E-state index is 12.9. The number of aromatic hydroxyl groups is 1. The van der Waals surface area contributed by atoms with Crippen LogP contribution in [-0.4, -0.2) is 27.5 Å². The Bertz CT molecular complexity index is 764. The van der Waals surface area contributed by atoms with Crippen molar-refractivity contribution >= 4 is 5.91 Å². The Morgan fingerprint density at radius 2 is 1.76 bits per heavy atom. The Kier molecular flexibility index (Phi) is 4.82. The van der Waals surface area contributed by atoms with Gasteiger partial charge in [0.05, 0.1) is 6.04 Å². The number of rotatable bonds is 3. The quantitative estimate of drug-likeness (QED) is 0.903. The number of phenols is 1. The molecule has 1 unspecified atom stereocenters. The highest BCUT2D eigenvalue weighted by molar-refractivity contribution is 5.83. The smallest absolute Gasteiger partial charge is 0.238 e. The van der Waals surface area contributed by atoms with Crippen molar-refractivity contribution in [3.63, 3.8) is 0 Å². The monoisotopic (exact) mass is 338 g/mol. The third-order valence-electron chi connectivity index (χ3n) is 4.51. The molecule has 1 aliphatic rings. The summed E-state index contributed by atoms with van der Waals surface area (Å²) >= 11 is 0. The van der Waals surface area contributed by atoms with Crippen LogP contribution in [0.4, 0.5) is 0 Å². The maximum atomic E-state index is 12.9. The minimum absolute atomic E-state index is 0.0393. The first-order valence-corrected chi connectivity index (χ1v) is 8.73. The summed E-state index contributed by atoms with van der Waals surface area (Å²) in [6.07, 6.45) is 0.686. The Morgan fingerprint density at radius 3 is 2.44 bits per heavy atom. The topological polar surface area (TPSA) is 52.6 Å². The molecule has 1 atom stereocenters. The molecule has 0 radical (unpaired) electrons. The number of fused-ring (bicyclic) bond motifs is 1. The molecule has 25 heavy (non-hydrogen) atoms. The lowest BCUT2D eigenvalue weighted by molar-refractivity contribution is -0.128. The third-order valence-corrected chi connectivity index (χ3v) is 4.51. The van der Waals surface area contributed by atoms with E-state index in [-0.39, 0.29) is 23.2 Å². The average Bonchev–Trinajstić information content (AvgIpc) is 2.54. The first-order chi connectivity index (χ1) is 11.8. The van der Waals surface area contributed by atoms with Crippen LogP contribution in [0.5, 0.6) is 5.75 Å². The Morgan fingerprint density at radius 1 is 1.12 bits per heavy atom. The lowest BCUT2D eigenvalue weighted by atomic mass is 9.92. The van der Waals surface area contributed by atoms with Crippen molar-refractivity contribution < 1.29 is 9.90 Å². The molecule has 132 valence electrons. The summed E-state index contributed by atoms with van der Waals surface area (Å²) in [4.78, 5) is 15.0. The maximum Gasteiger partial charge on any atom is 0.238 e. The zero-order valence-electron chi connectivity index (χ0n) is 15.1. The largest absolute Gasteiger partial charge is 0.508 e. The van der Waals surface area contributed by atoms with E-state index in [4.69, 9.17) is 0 Å². The number of nitrogens with zero attached hydrogens (tertiary/aromatic N) is 1. The van der Waals surface area contributed by atoms with Gasteiger partial charge in [0.1, 0.15) is 5.75 Å². The molecule has 4 nitrogen and oxygen atoms in total. The van der Waals surface area contributed by atoms with E-state index in [0.717, 1.165) is 5.56 Å². The lowest BCUT2D eigenvalue weighted by Gasteiger charge is -2.37. The molecule has 1 amide bonds. The molecule has 1 heterocycles. The van der Waals surface area contributed by atoms with Gasteiger partial charge in [-0.1, -0.05) is 42.5 Å². The van der Waals surface area contributed by atoms with E-state index >= 15 is 0 Å². The number of para-hydroxylation sites is 1. The fourth-order valence-corrected chi connectivity index (χ4v) is 3.32. The fraction of sp³-hybridized carbons (Fsp3) is 0.381. The van der Waals surface area contributed by atoms with Gasteiger partial charge >= 0.3 is 0 Å². The second-order valence-electron chi connectivity index (χ2n) is 7.76. The zero-order valence-corrected chi connectivity index (χ0v) is 15.1. The molecule has 2 N–H and O–H groups in total. The van der Waals surface area contributed by atoms with Crippen LogP contribution in [0.25, 0.3) is 0 Å². The SMILES string of the molecule is CC(C)(C)NC(=O)C1Cc2ccccc2CN1Cc1ccccc1O. The van der Waals surface area contributed by atoms with Crippen LogP contribution >= 0.6 is 0 Å². The number of phenolic OH excluding ortho intramolecular Hbond substituents is 1. The van der Waals surface area contributed by atoms with Crippen LogP contribution < -0.4 is 5.32 Å².